The molecule has 8 nitrogen and oxygen atoms in total. The summed E-state index contributed by atoms with van der Waals surface area (Å²) in [7, 11) is 0. The molecule has 0 bridgehead atoms. The van der Waals surface area contributed by atoms with Gasteiger partial charge in [-0.1, -0.05) is 24.3 Å². The van der Waals surface area contributed by atoms with E-state index in [9.17, 15) is 13.6 Å². The zero-order valence-corrected chi connectivity index (χ0v) is 19.4. The van der Waals surface area contributed by atoms with Crippen molar-refractivity contribution < 1.29 is 13.6 Å². The molecule has 3 aromatic heterocycles. The third kappa shape index (κ3) is 4.92. The second kappa shape index (κ2) is 9.57. The maximum absolute atomic E-state index is 14.5. The molecule has 0 aliphatic rings. The fourth-order valence-electron chi connectivity index (χ4n) is 4.00. The lowest BCUT2D eigenvalue weighted by Gasteiger charge is -2.08. The molecule has 0 saturated carbocycles. The van der Waals surface area contributed by atoms with Crippen LogP contribution >= 0.6 is 0 Å². The Hall–Kier alpha value is -4.60. The average molecular weight is 488 g/mol. The number of anilines is 1. The van der Waals surface area contributed by atoms with E-state index >= 15 is 0 Å². The Kier molecular flexibility index (Phi) is 6.16. The van der Waals surface area contributed by atoms with Gasteiger partial charge in [-0.25, -0.2) is 18.7 Å². The Morgan fingerprint density at radius 2 is 1.81 bits per heavy atom. The smallest absolute Gasteiger partial charge is 0.271 e. The molecule has 0 unspecified atom stereocenters. The molecule has 36 heavy (non-hydrogen) atoms. The molecule has 0 spiro atoms. The van der Waals surface area contributed by atoms with Crippen molar-refractivity contribution in [3.8, 4) is 0 Å². The summed E-state index contributed by atoms with van der Waals surface area (Å²) in [5, 5.41) is 7.96. The Bertz CT molecular complexity index is 1560. The molecule has 5 rings (SSSR count). The predicted molar refractivity (Wildman–Crippen MR) is 131 cm³/mol. The average Bonchev–Trinajstić information content (AvgIpc) is 3.44. The standard InChI is InChI=1S/C26H23F2N7O/c1-16-33-24(26(36)31-10-20-8-19-6-7-30-25(29)22(19)9-23(20)28)15-34(16)12-17-2-4-18(5-3-17)13-35-14-21(27)11-32-35/h2-9,11,14-15H,10,12-13H2,1H3,(H2,29,30)(H,31,36). The zero-order valence-electron chi connectivity index (χ0n) is 19.4. The van der Waals surface area contributed by atoms with Crippen molar-refractivity contribution in [3.05, 3.63) is 107 Å². The third-order valence-electron chi connectivity index (χ3n) is 5.93. The highest BCUT2D eigenvalue weighted by Gasteiger charge is 2.14. The van der Waals surface area contributed by atoms with Crippen molar-refractivity contribution in [3.63, 3.8) is 0 Å². The number of carbonyl (C=O) groups excluding carboxylic acids is 1. The molecule has 0 fully saturated rings. The topological polar surface area (TPSA) is 104 Å². The van der Waals surface area contributed by atoms with E-state index in [1.165, 1.54) is 23.1 Å². The number of nitrogen functional groups attached to an aromatic ring is 1. The summed E-state index contributed by atoms with van der Waals surface area (Å²) in [6.07, 6.45) is 5.75. The van der Waals surface area contributed by atoms with Gasteiger partial charge >= 0.3 is 0 Å². The zero-order chi connectivity index (χ0) is 25.2. The van der Waals surface area contributed by atoms with Crippen molar-refractivity contribution in [2.75, 3.05) is 5.73 Å². The Morgan fingerprint density at radius 3 is 2.53 bits per heavy atom. The lowest BCUT2D eigenvalue weighted by Crippen LogP contribution is -2.23. The fourth-order valence-corrected chi connectivity index (χ4v) is 4.00. The number of aromatic nitrogens is 5. The number of hydrogen-bond donors (Lipinski definition) is 2. The number of amides is 1. The first-order valence-corrected chi connectivity index (χ1v) is 11.3. The number of nitrogens with one attached hydrogen (secondary N) is 1. The van der Waals surface area contributed by atoms with Gasteiger partial charge in [0, 0.05) is 36.4 Å². The molecular formula is C26H23F2N7O. The van der Waals surface area contributed by atoms with Crippen LogP contribution in [0.3, 0.4) is 0 Å². The van der Waals surface area contributed by atoms with E-state index in [4.69, 9.17) is 5.73 Å². The molecule has 5 aromatic rings. The van der Waals surface area contributed by atoms with Crippen LogP contribution in [0.4, 0.5) is 14.6 Å². The number of fused-ring (bicyclic) bond motifs is 1. The van der Waals surface area contributed by atoms with E-state index in [-0.39, 0.29) is 23.9 Å². The number of pyridine rings is 1. The number of hydrogen-bond acceptors (Lipinski definition) is 5. The van der Waals surface area contributed by atoms with E-state index in [0.717, 1.165) is 16.5 Å². The minimum Gasteiger partial charge on any atom is -0.383 e. The van der Waals surface area contributed by atoms with Crippen LogP contribution in [0, 0.1) is 18.6 Å². The number of aryl methyl sites for hydroxylation is 1. The number of nitrogens with two attached hydrogens (primary N) is 1. The lowest BCUT2D eigenvalue weighted by atomic mass is 10.1. The monoisotopic (exact) mass is 487 g/mol. The maximum Gasteiger partial charge on any atom is 0.271 e. The van der Waals surface area contributed by atoms with Crippen molar-refractivity contribution in [1.82, 2.24) is 29.6 Å². The van der Waals surface area contributed by atoms with Crippen LogP contribution in [0.15, 0.2) is 67.3 Å². The van der Waals surface area contributed by atoms with Crippen LogP contribution < -0.4 is 11.1 Å². The Labute approximate surface area is 205 Å². The summed E-state index contributed by atoms with van der Waals surface area (Å²) in [6, 6.07) is 12.6. The van der Waals surface area contributed by atoms with Crippen molar-refractivity contribution in [1.29, 1.82) is 0 Å². The molecule has 182 valence electrons. The van der Waals surface area contributed by atoms with Crippen molar-refractivity contribution >= 4 is 22.5 Å². The second-order valence-electron chi connectivity index (χ2n) is 8.52. The van der Waals surface area contributed by atoms with Gasteiger partial charge in [0.15, 0.2) is 5.82 Å². The lowest BCUT2D eigenvalue weighted by molar-refractivity contribution is 0.0946. The summed E-state index contributed by atoms with van der Waals surface area (Å²) >= 11 is 0. The maximum atomic E-state index is 14.5. The van der Waals surface area contributed by atoms with Gasteiger partial charge < -0.3 is 15.6 Å². The predicted octanol–water partition coefficient (Wildman–Crippen LogP) is 3.82. The number of imidazole rings is 1. The first-order chi connectivity index (χ1) is 17.4. The number of carbonyl (C=O) groups is 1. The van der Waals surface area contributed by atoms with E-state index in [1.807, 2.05) is 35.8 Å². The summed E-state index contributed by atoms with van der Waals surface area (Å²) in [4.78, 5) is 21.0. The van der Waals surface area contributed by atoms with Crippen LogP contribution in [-0.2, 0) is 19.6 Å². The van der Waals surface area contributed by atoms with Gasteiger partial charge in [-0.05, 0) is 41.6 Å². The molecule has 3 heterocycles. The minimum absolute atomic E-state index is 0.0103. The van der Waals surface area contributed by atoms with Crippen molar-refractivity contribution in [2.24, 2.45) is 0 Å². The highest BCUT2D eigenvalue weighted by atomic mass is 19.1. The molecule has 3 N–H and O–H groups in total. The summed E-state index contributed by atoms with van der Waals surface area (Å²) in [5.74, 6) is -0.299. The Morgan fingerprint density at radius 1 is 1.06 bits per heavy atom. The summed E-state index contributed by atoms with van der Waals surface area (Å²) in [6.45, 7) is 2.83. The minimum atomic E-state index is -0.467. The van der Waals surface area contributed by atoms with Gasteiger partial charge in [0.05, 0.1) is 18.9 Å². The van der Waals surface area contributed by atoms with Gasteiger partial charge in [0.1, 0.15) is 23.2 Å². The van der Waals surface area contributed by atoms with E-state index in [2.05, 4.69) is 20.4 Å². The molecular weight excluding hydrogens is 464 g/mol. The SMILES string of the molecule is Cc1nc(C(=O)NCc2cc3ccnc(N)c3cc2F)cn1Cc1ccc(Cn2cc(F)cn2)cc1. The van der Waals surface area contributed by atoms with Crippen LogP contribution in [0.5, 0.6) is 0 Å². The van der Waals surface area contributed by atoms with Gasteiger partial charge in [0.25, 0.3) is 5.91 Å². The number of rotatable bonds is 7. The quantitative estimate of drug-likeness (QED) is 0.363. The van der Waals surface area contributed by atoms with Crippen LogP contribution in [0.25, 0.3) is 10.8 Å². The van der Waals surface area contributed by atoms with Crippen LogP contribution in [0.2, 0.25) is 0 Å². The number of halogens is 2. The molecule has 2 aromatic carbocycles. The molecule has 0 saturated heterocycles. The molecule has 0 radical (unpaired) electrons. The van der Waals surface area contributed by atoms with Crippen LogP contribution in [-0.4, -0.2) is 30.2 Å². The Balaban J connectivity index is 1.23. The molecule has 0 aliphatic carbocycles. The summed E-state index contributed by atoms with van der Waals surface area (Å²) in [5.41, 5.74) is 8.41. The van der Waals surface area contributed by atoms with E-state index in [0.29, 0.717) is 29.9 Å². The number of nitrogens with zero attached hydrogens (tertiary/aromatic N) is 5. The largest absolute Gasteiger partial charge is 0.383 e. The third-order valence-corrected chi connectivity index (χ3v) is 5.93. The fraction of sp³-hybridized carbons (Fsp3) is 0.154. The highest BCUT2D eigenvalue weighted by Crippen LogP contribution is 2.22. The molecule has 0 atom stereocenters. The second-order valence-corrected chi connectivity index (χ2v) is 8.52. The molecule has 0 aliphatic heterocycles. The van der Waals surface area contributed by atoms with Gasteiger partial charge in [0.2, 0.25) is 0 Å². The van der Waals surface area contributed by atoms with Gasteiger partial charge in [-0.2, -0.15) is 5.10 Å². The summed E-state index contributed by atoms with van der Waals surface area (Å²) < 4.78 is 31.1. The first-order valence-electron chi connectivity index (χ1n) is 11.3. The van der Waals surface area contributed by atoms with Crippen LogP contribution in [0.1, 0.15) is 33.0 Å². The highest BCUT2D eigenvalue weighted by molar-refractivity contribution is 5.93. The molecule has 1 amide bonds. The van der Waals surface area contributed by atoms with Gasteiger partial charge in [-0.3, -0.25) is 9.48 Å². The van der Waals surface area contributed by atoms with Crippen molar-refractivity contribution in [2.45, 2.75) is 26.6 Å². The first kappa shape index (κ1) is 23.2. The van der Waals surface area contributed by atoms with E-state index in [1.54, 1.807) is 24.5 Å². The normalized spacial score (nSPS) is 11.2. The van der Waals surface area contributed by atoms with Gasteiger partial charge in [-0.15, -0.1) is 0 Å². The number of benzene rings is 2. The van der Waals surface area contributed by atoms with E-state index < -0.39 is 11.7 Å². The molecule has 10 heteroatoms.